The molecule has 2 N–H and O–H groups in total. The molecule has 6 heteroatoms. The molecule has 0 saturated heterocycles. The van der Waals surface area contributed by atoms with E-state index < -0.39 is 0 Å². The van der Waals surface area contributed by atoms with Crippen molar-refractivity contribution in [1.29, 1.82) is 0 Å². The van der Waals surface area contributed by atoms with Gasteiger partial charge in [-0.3, -0.25) is 0 Å². The second-order valence-electron chi connectivity index (χ2n) is 3.11. The van der Waals surface area contributed by atoms with Crippen molar-refractivity contribution in [1.82, 2.24) is 10.2 Å². The second kappa shape index (κ2) is 5.63. The van der Waals surface area contributed by atoms with Gasteiger partial charge in [-0.05, 0) is 30.7 Å². The number of halogens is 1. The Hall–Kier alpha value is -0.620. The van der Waals surface area contributed by atoms with Crippen LogP contribution in [0.2, 0.25) is 5.02 Å². The fourth-order valence-corrected chi connectivity index (χ4v) is 3.01. The summed E-state index contributed by atoms with van der Waals surface area (Å²) in [5, 5.41) is 8.49. The van der Waals surface area contributed by atoms with Crippen LogP contribution in [0.4, 0.5) is 0 Å². The summed E-state index contributed by atoms with van der Waals surface area (Å²) in [6, 6.07) is 6.00. The van der Waals surface area contributed by atoms with Gasteiger partial charge in [0.15, 0.2) is 4.34 Å². The van der Waals surface area contributed by atoms with Gasteiger partial charge in [0.25, 0.3) is 0 Å². The first-order chi connectivity index (χ1) is 7.79. The van der Waals surface area contributed by atoms with Crippen LogP contribution < -0.4 is 5.73 Å². The van der Waals surface area contributed by atoms with Gasteiger partial charge in [-0.15, -0.1) is 10.2 Å². The van der Waals surface area contributed by atoms with Crippen LogP contribution in [0.25, 0.3) is 0 Å². The smallest absolute Gasteiger partial charge is 0.178 e. The second-order valence-corrected chi connectivity index (χ2v) is 5.64. The predicted molar refractivity (Wildman–Crippen MR) is 68.2 cm³/mol. The number of hydrogen-bond donors (Lipinski definition) is 1. The largest absolute Gasteiger partial charge is 0.330 e. The minimum absolute atomic E-state index is 0.638. The molecule has 2 aromatic rings. The van der Waals surface area contributed by atoms with Gasteiger partial charge in [-0.2, -0.15) is 0 Å². The Balaban J connectivity index is 2.16. The Labute approximate surface area is 107 Å². The summed E-state index contributed by atoms with van der Waals surface area (Å²) >= 11 is 9.21. The third kappa shape index (κ3) is 2.95. The lowest BCUT2D eigenvalue weighted by atomic mass is 10.1. The van der Waals surface area contributed by atoms with Crippen molar-refractivity contribution in [2.75, 3.05) is 6.54 Å². The first-order valence-corrected chi connectivity index (χ1v) is 6.79. The van der Waals surface area contributed by atoms with Crippen LogP contribution in [0, 0.1) is 0 Å². The van der Waals surface area contributed by atoms with Crippen molar-refractivity contribution in [2.24, 2.45) is 5.73 Å². The molecule has 0 unspecified atom stereocenters. The molecular formula is C10H10ClN3S2. The van der Waals surface area contributed by atoms with Gasteiger partial charge in [0.05, 0.1) is 5.02 Å². The molecule has 0 aliphatic heterocycles. The van der Waals surface area contributed by atoms with E-state index in [1.165, 1.54) is 23.1 Å². The Morgan fingerprint density at radius 1 is 1.44 bits per heavy atom. The Morgan fingerprint density at radius 3 is 2.94 bits per heavy atom. The average Bonchev–Trinajstić information content (AvgIpc) is 2.75. The van der Waals surface area contributed by atoms with Gasteiger partial charge < -0.3 is 5.73 Å². The lowest BCUT2D eigenvalue weighted by Crippen LogP contribution is -2.02. The van der Waals surface area contributed by atoms with Crippen LogP contribution in [0.3, 0.4) is 0 Å². The van der Waals surface area contributed by atoms with Gasteiger partial charge in [-0.1, -0.05) is 40.8 Å². The normalized spacial score (nSPS) is 10.6. The summed E-state index contributed by atoms with van der Waals surface area (Å²) in [4.78, 5) is 0.999. The highest BCUT2D eigenvalue weighted by Gasteiger charge is 2.06. The van der Waals surface area contributed by atoms with Crippen molar-refractivity contribution in [2.45, 2.75) is 15.7 Å². The molecule has 0 aliphatic rings. The van der Waals surface area contributed by atoms with Crippen molar-refractivity contribution in [3.8, 4) is 0 Å². The van der Waals surface area contributed by atoms with E-state index in [-0.39, 0.29) is 0 Å². The molecule has 3 nitrogen and oxygen atoms in total. The summed E-state index contributed by atoms with van der Waals surface area (Å²) < 4.78 is 0.897. The highest BCUT2D eigenvalue weighted by Crippen LogP contribution is 2.34. The van der Waals surface area contributed by atoms with E-state index in [1.807, 2.05) is 18.2 Å². The van der Waals surface area contributed by atoms with Crippen molar-refractivity contribution in [3.63, 3.8) is 0 Å². The number of nitrogens with zero attached hydrogens (tertiary/aromatic N) is 2. The Morgan fingerprint density at radius 2 is 2.31 bits per heavy atom. The third-order valence-corrected chi connectivity index (χ3v) is 4.25. The van der Waals surface area contributed by atoms with E-state index in [0.29, 0.717) is 6.54 Å². The van der Waals surface area contributed by atoms with Crippen LogP contribution in [-0.2, 0) is 6.42 Å². The van der Waals surface area contributed by atoms with E-state index >= 15 is 0 Å². The standard InChI is InChI=1S/C10H10ClN3S2/c11-8-5-7(3-4-12)1-2-9(8)16-10-14-13-6-15-10/h1-2,5-6H,3-4,12H2. The minimum Gasteiger partial charge on any atom is -0.330 e. The van der Waals surface area contributed by atoms with Crippen LogP contribution in [-0.4, -0.2) is 16.7 Å². The van der Waals surface area contributed by atoms with Gasteiger partial charge in [-0.25, -0.2) is 0 Å². The fourth-order valence-electron chi connectivity index (χ4n) is 1.25. The quantitative estimate of drug-likeness (QED) is 0.929. The monoisotopic (exact) mass is 271 g/mol. The molecule has 0 fully saturated rings. The van der Waals surface area contributed by atoms with Crippen LogP contribution in [0.5, 0.6) is 0 Å². The molecule has 0 radical (unpaired) electrons. The molecule has 0 bridgehead atoms. The topological polar surface area (TPSA) is 51.8 Å². The van der Waals surface area contributed by atoms with Gasteiger partial charge >= 0.3 is 0 Å². The van der Waals surface area contributed by atoms with Crippen LogP contribution in [0.15, 0.2) is 32.9 Å². The average molecular weight is 272 g/mol. The van der Waals surface area contributed by atoms with Crippen molar-refractivity contribution < 1.29 is 0 Å². The zero-order valence-electron chi connectivity index (χ0n) is 8.39. The van der Waals surface area contributed by atoms with Crippen LogP contribution >= 0.6 is 34.7 Å². The van der Waals surface area contributed by atoms with Gasteiger partial charge in [0, 0.05) is 4.90 Å². The van der Waals surface area contributed by atoms with Gasteiger partial charge in [0.2, 0.25) is 0 Å². The lowest BCUT2D eigenvalue weighted by molar-refractivity contribution is 0.966. The molecule has 16 heavy (non-hydrogen) atoms. The maximum Gasteiger partial charge on any atom is 0.178 e. The highest BCUT2D eigenvalue weighted by atomic mass is 35.5. The number of benzene rings is 1. The van der Waals surface area contributed by atoms with Gasteiger partial charge in [0.1, 0.15) is 5.51 Å². The number of aromatic nitrogens is 2. The fraction of sp³-hybridized carbons (Fsp3) is 0.200. The summed E-state index contributed by atoms with van der Waals surface area (Å²) in [5.74, 6) is 0. The highest BCUT2D eigenvalue weighted by molar-refractivity contribution is 8.01. The van der Waals surface area contributed by atoms with Crippen molar-refractivity contribution >= 4 is 34.7 Å². The molecule has 84 valence electrons. The summed E-state index contributed by atoms with van der Waals surface area (Å²) in [6.07, 6.45) is 0.851. The van der Waals surface area contributed by atoms with E-state index in [0.717, 1.165) is 26.2 Å². The molecule has 0 atom stereocenters. The lowest BCUT2D eigenvalue weighted by Gasteiger charge is -2.04. The molecule has 0 amide bonds. The van der Waals surface area contributed by atoms with E-state index in [4.69, 9.17) is 17.3 Å². The maximum absolute atomic E-state index is 6.18. The number of rotatable bonds is 4. The Bertz CT molecular complexity index is 459. The molecule has 0 spiro atoms. The molecule has 2 rings (SSSR count). The van der Waals surface area contributed by atoms with E-state index in [2.05, 4.69) is 10.2 Å². The van der Waals surface area contributed by atoms with Crippen molar-refractivity contribution in [3.05, 3.63) is 34.3 Å². The molecule has 1 heterocycles. The predicted octanol–water partition coefficient (Wildman–Crippen LogP) is 2.84. The van der Waals surface area contributed by atoms with Crippen LogP contribution in [0.1, 0.15) is 5.56 Å². The summed E-state index contributed by atoms with van der Waals surface area (Å²) in [5.41, 5.74) is 8.36. The number of hydrogen-bond acceptors (Lipinski definition) is 5. The van der Waals surface area contributed by atoms with E-state index in [9.17, 15) is 0 Å². The first-order valence-electron chi connectivity index (χ1n) is 4.72. The molecule has 0 aliphatic carbocycles. The zero-order valence-corrected chi connectivity index (χ0v) is 10.8. The summed E-state index contributed by atoms with van der Waals surface area (Å²) in [6.45, 7) is 0.638. The molecule has 1 aromatic carbocycles. The third-order valence-electron chi connectivity index (χ3n) is 1.97. The SMILES string of the molecule is NCCc1ccc(Sc2nncs2)c(Cl)c1. The summed E-state index contributed by atoms with van der Waals surface area (Å²) in [7, 11) is 0. The zero-order chi connectivity index (χ0) is 11.4. The molecular weight excluding hydrogens is 262 g/mol. The van der Waals surface area contributed by atoms with E-state index in [1.54, 1.807) is 5.51 Å². The minimum atomic E-state index is 0.638. The maximum atomic E-state index is 6.18. The molecule has 1 aromatic heterocycles. The number of nitrogens with two attached hydrogens (primary N) is 1. The molecule has 0 saturated carbocycles. The first kappa shape index (κ1) is 11.9. The Kier molecular flexibility index (Phi) is 4.17.